The number of thiophene rings is 2. The molecule has 1 atom stereocenters. The Labute approximate surface area is 117 Å². The van der Waals surface area contributed by atoms with Crippen LogP contribution < -0.4 is 5.32 Å². The molecule has 0 radical (unpaired) electrons. The summed E-state index contributed by atoms with van der Waals surface area (Å²) < 4.78 is 29.5. The predicted molar refractivity (Wildman–Crippen MR) is 77.0 cm³/mol. The molecular formula is C14H11F2NS2. The van der Waals surface area contributed by atoms with E-state index < -0.39 is 11.6 Å². The van der Waals surface area contributed by atoms with Crippen molar-refractivity contribution in [3.05, 3.63) is 57.8 Å². The fraction of sp³-hybridized carbons (Fsp3) is 0.143. The summed E-state index contributed by atoms with van der Waals surface area (Å²) in [6.45, 7) is 0. The van der Waals surface area contributed by atoms with Gasteiger partial charge in [0.15, 0.2) is 0 Å². The van der Waals surface area contributed by atoms with E-state index in [0.717, 1.165) is 10.9 Å². The van der Waals surface area contributed by atoms with Gasteiger partial charge in [-0.1, -0.05) is 0 Å². The molecule has 0 saturated heterocycles. The van der Waals surface area contributed by atoms with Crippen LogP contribution in [0.3, 0.4) is 0 Å². The summed E-state index contributed by atoms with van der Waals surface area (Å²) in [7, 11) is 1.75. The Morgan fingerprint density at radius 3 is 2.68 bits per heavy atom. The number of nitrogens with one attached hydrogen (secondary N) is 1. The second-order valence-electron chi connectivity index (χ2n) is 4.19. The third-order valence-corrected chi connectivity index (χ3v) is 5.16. The van der Waals surface area contributed by atoms with Crippen LogP contribution in [0.4, 0.5) is 8.78 Å². The highest BCUT2D eigenvalue weighted by atomic mass is 32.1. The van der Waals surface area contributed by atoms with Crippen LogP contribution in [0, 0.1) is 11.6 Å². The molecule has 1 aromatic carbocycles. The van der Waals surface area contributed by atoms with E-state index in [0.29, 0.717) is 5.56 Å². The van der Waals surface area contributed by atoms with Crippen molar-refractivity contribution < 1.29 is 8.78 Å². The molecule has 0 fully saturated rings. The second kappa shape index (κ2) is 5.00. The standard InChI is InChI=1S/C14H11F2NS2/c1-17-14(9-6-8(15)2-3-10(9)16)13-7-12-11(19-13)4-5-18-12/h2-7,14,17H,1H3. The second-order valence-corrected chi connectivity index (χ2v) is 6.25. The van der Waals surface area contributed by atoms with E-state index in [4.69, 9.17) is 0 Å². The first-order valence-corrected chi connectivity index (χ1v) is 7.48. The van der Waals surface area contributed by atoms with E-state index >= 15 is 0 Å². The van der Waals surface area contributed by atoms with Crippen molar-refractivity contribution >= 4 is 32.1 Å². The van der Waals surface area contributed by atoms with E-state index in [1.807, 2.05) is 17.5 Å². The van der Waals surface area contributed by atoms with Crippen LogP contribution in [0.2, 0.25) is 0 Å². The van der Waals surface area contributed by atoms with E-state index in [1.165, 1.54) is 21.5 Å². The van der Waals surface area contributed by atoms with Gasteiger partial charge in [0.1, 0.15) is 11.6 Å². The Bertz CT molecular complexity index is 689. The number of rotatable bonds is 3. The van der Waals surface area contributed by atoms with Crippen LogP contribution in [0.5, 0.6) is 0 Å². The summed E-state index contributed by atoms with van der Waals surface area (Å²) in [5.41, 5.74) is 0.344. The van der Waals surface area contributed by atoms with Gasteiger partial charge in [-0.05, 0) is 42.8 Å². The van der Waals surface area contributed by atoms with Gasteiger partial charge >= 0.3 is 0 Å². The molecule has 98 valence electrons. The maximum atomic E-state index is 13.9. The molecule has 3 aromatic rings. The van der Waals surface area contributed by atoms with Crippen molar-refractivity contribution in [1.82, 2.24) is 5.32 Å². The molecule has 0 saturated carbocycles. The number of hydrogen-bond donors (Lipinski definition) is 1. The van der Waals surface area contributed by atoms with Crippen LogP contribution in [0.15, 0.2) is 35.7 Å². The topological polar surface area (TPSA) is 12.0 Å². The van der Waals surface area contributed by atoms with Crippen LogP contribution in [0.1, 0.15) is 16.5 Å². The zero-order valence-corrected chi connectivity index (χ0v) is 11.7. The molecule has 1 unspecified atom stereocenters. The summed E-state index contributed by atoms with van der Waals surface area (Å²) in [5, 5.41) is 5.09. The normalized spacial score (nSPS) is 13.0. The molecule has 0 amide bonds. The van der Waals surface area contributed by atoms with Gasteiger partial charge in [0.25, 0.3) is 0 Å². The number of hydrogen-bond acceptors (Lipinski definition) is 3. The van der Waals surface area contributed by atoms with Crippen LogP contribution in [-0.4, -0.2) is 7.05 Å². The van der Waals surface area contributed by atoms with Crippen LogP contribution >= 0.6 is 22.7 Å². The lowest BCUT2D eigenvalue weighted by Gasteiger charge is -2.15. The van der Waals surface area contributed by atoms with E-state index in [-0.39, 0.29) is 6.04 Å². The predicted octanol–water partition coefficient (Wildman–Crippen LogP) is 4.55. The zero-order chi connectivity index (χ0) is 13.4. The first-order valence-electron chi connectivity index (χ1n) is 5.78. The van der Waals surface area contributed by atoms with E-state index in [1.54, 1.807) is 29.7 Å². The highest BCUT2D eigenvalue weighted by Crippen LogP contribution is 2.36. The Hall–Kier alpha value is -1.30. The van der Waals surface area contributed by atoms with Crippen LogP contribution in [0.25, 0.3) is 9.40 Å². The molecule has 1 nitrogen and oxygen atoms in total. The third-order valence-electron chi connectivity index (χ3n) is 3.00. The summed E-state index contributed by atoms with van der Waals surface area (Å²) in [6.07, 6.45) is 0. The fourth-order valence-electron chi connectivity index (χ4n) is 2.11. The summed E-state index contributed by atoms with van der Waals surface area (Å²) in [5.74, 6) is -0.812. The molecule has 0 aliphatic carbocycles. The molecule has 0 aliphatic rings. The van der Waals surface area contributed by atoms with E-state index in [9.17, 15) is 8.78 Å². The highest BCUT2D eigenvalue weighted by Gasteiger charge is 2.19. The SMILES string of the molecule is CNC(c1cc2sccc2s1)c1cc(F)ccc1F. The maximum Gasteiger partial charge on any atom is 0.128 e. The highest BCUT2D eigenvalue weighted by molar-refractivity contribution is 7.27. The van der Waals surface area contributed by atoms with Gasteiger partial charge in [-0.2, -0.15) is 0 Å². The van der Waals surface area contributed by atoms with Gasteiger partial charge in [0.05, 0.1) is 6.04 Å². The lowest BCUT2D eigenvalue weighted by Crippen LogP contribution is -2.18. The molecule has 5 heteroatoms. The lowest BCUT2D eigenvalue weighted by molar-refractivity contribution is 0.560. The van der Waals surface area contributed by atoms with Gasteiger partial charge in [-0.25, -0.2) is 8.78 Å². The molecule has 2 aromatic heterocycles. The van der Waals surface area contributed by atoms with Crippen molar-refractivity contribution in [3.63, 3.8) is 0 Å². The fourth-order valence-corrected chi connectivity index (χ4v) is 4.36. The van der Waals surface area contributed by atoms with E-state index in [2.05, 4.69) is 5.32 Å². The molecular weight excluding hydrogens is 284 g/mol. The number of benzene rings is 1. The molecule has 0 bridgehead atoms. The quantitative estimate of drug-likeness (QED) is 0.747. The first kappa shape index (κ1) is 12.7. The smallest absolute Gasteiger partial charge is 0.128 e. The zero-order valence-electron chi connectivity index (χ0n) is 10.1. The largest absolute Gasteiger partial charge is 0.309 e. The van der Waals surface area contributed by atoms with Crippen molar-refractivity contribution in [2.24, 2.45) is 0 Å². The van der Waals surface area contributed by atoms with Gasteiger partial charge < -0.3 is 5.32 Å². The Morgan fingerprint density at radius 2 is 1.95 bits per heavy atom. The average molecular weight is 295 g/mol. The Balaban J connectivity index is 2.09. The van der Waals surface area contributed by atoms with Crippen LogP contribution in [-0.2, 0) is 0 Å². The summed E-state index contributed by atoms with van der Waals surface area (Å²) >= 11 is 3.26. The average Bonchev–Trinajstić information content (AvgIpc) is 2.95. The maximum absolute atomic E-state index is 13.9. The summed E-state index contributed by atoms with van der Waals surface area (Å²) in [4.78, 5) is 0.994. The Kier molecular flexibility index (Phi) is 3.35. The number of halogens is 2. The Morgan fingerprint density at radius 1 is 1.11 bits per heavy atom. The van der Waals surface area contributed by atoms with Gasteiger partial charge in [0, 0.05) is 19.8 Å². The molecule has 0 aliphatic heterocycles. The third kappa shape index (κ3) is 2.29. The van der Waals surface area contributed by atoms with Crippen molar-refractivity contribution in [1.29, 1.82) is 0 Å². The van der Waals surface area contributed by atoms with Gasteiger partial charge in [-0.15, -0.1) is 22.7 Å². The van der Waals surface area contributed by atoms with Crippen molar-refractivity contribution in [2.45, 2.75) is 6.04 Å². The minimum atomic E-state index is -0.421. The molecule has 19 heavy (non-hydrogen) atoms. The summed E-state index contributed by atoms with van der Waals surface area (Å²) in [6, 6.07) is 7.33. The molecule has 3 rings (SSSR count). The van der Waals surface area contributed by atoms with Gasteiger partial charge in [-0.3, -0.25) is 0 Å². The molecule has 1 N–H and O–H groups in total. The lowest BCUT2D eigenvalue weighted by atomic mass is 10.0. The van der Waals surface area contributed by atoms with Gasteiger partial charge in [0.2, 0.25) is 0 Å². The van der Waals surface area contributed by atoms with Crippen molar-refractivity contribution in [2.75, 3.05) is 7.05 Å². The molecule has 2 heterocycles. The minimum absolute atomic E-state index is 0.319. The van der Waals surface area contributed by atoms with Crippen molar-refractivity contribution in [3.8, 4) is 0 Å². The monoisotopic (exact) mass is 295 g/mol. The minimum Gasteiger partial charge on any atom is -0.309 e. The molecule has 0 spiro atoms. The first-order chi connectivity index (χ1) is 9.19. The number of fused-ring (bicyclic) bond motifs is 1.